The maximum atomic E-state index is 12.1. The number of aryl methyl sites for hydroxylation is 1. The SMILES string of the molecule is COc1cc(Cc2nc3scc(C)c3c(=O)[nH]2)ccc1[N+](=O)[O-]. The summed E-state index contributed by atoms with van der Waals surface area (Å²) in [6, 6.07) is 4.60. The Labute approximate surface area is 134 Å². The van der Waals surface area contributed by atoms with Crippen molar-refractivity contribution in [1.82, 2.24) is 9.97 Å². The van der Waals surface area contributed by atoms with Crippen LogP contribution in [-0.2, 0) is 6.42 Å². The van der Waals surface area contributed by atoms with Gasteiger partial charge in [-0.3, -0.25) is 14.9 Å². The number of aromatic amines is 1. The minimum absolute atomic E-state index is 0.0953. The molecule has 1 N–H and O–H groups in total. The molecule has 0 saturated heterocycles. The Balaban J connectivity index is 1.99. The number of aromatic nitrogens is 2. The van der Waals surface area contributed by atoms with E-state index in [9.17, 15) is 14.9 Å². The van der Waals surface area contributed by atoms with Gasteiger partial charge in [-0.1, -0.05) is 6.07 Å². The van der Waals surface area contributed by atoms with Gasteiger partial charge in [-0.05, 0) is 29.5 Å². The van der Waals surface area contributed by atoms with Crippen LogP contribution in [-0.4, -0.2) is 22.0 Å². The summed E-state index contributed by atoms with van der Waals surface area (Å²) in [6.07, 6.45) is 0.358. The van der Waals surface area contributed by atoms with E-state index < -0.39 is 4.92 Å². The number of hydrogen-bond donors (Lipinski definition) is 1. The molecule has 0 atom stereocenters. The van der Waals surface area contributed by atoms with Gasteiger partial charge in [0.1, 0.15) is 10.7 Å². The molecule has 8 heteroatoms. The standard InChI is InChI=1S/C15H13N3O4S/c1-8-7-23-15-13(8)14(19)16-12(17-15)6-9-3-4-10(18(20)21)11(5-9)22-2/h3-5,7H,6H2,1-2H3,(H,16,17,19). The number of benzene rings is 1. The summed E-state index contributed by atoms with van der Waals surface area (Å²) in [5.74, 6) is 0.697. The van der Waals surface area contributed by atoms with Crippen molar-refractivity contribution in [3.63, 3.8) is 0 Å². The average molecular weight is 331 g/mol. The first-order valence-corrected chi connectivity index (χ1v) is 7.66. The summed E-state index contributed by atoms with van der Waals surface area (Å²) in [4.78, 5) is 30.5. The number of thiophene rings is 1. The first-order chi connectivity index (χ1) is 11.0. The molecule has 3 rings (SSSR count). The highest BCUT2D eigenvalue weighted by molar-refractivity contribution is 7.16. The first-order valence-electron chi connectivity index (χ1n) is 6.78. The highest BCUT2D eigenvalue weighted by Crippen LogP contribution is 2.28. The van der Waals surface area contributed by atoms with Crippen LogP contribution < -0.4 is 10.3 Å². The van der Waals surface area contributed by atoms with Crippen LogP contribution in [0, 0.1) is 17.0 Å². The van der Waals surface area contributed by atoms with Crippen molar-refractivity contribution in [2.45, 2.75) is 13.3 Å². The second-order valence-corrected chi connectivity index (χ2v) is 5.91. The Morgan fingerprint density at radius 3 is 2.91 bits per heavy atom. The fraction of sp³-hybridized carbons (Fsp3) is 0.200. The van der Waals surface area contributed by atoms with E-state index in [1.807, 2.05) is 12.3 Å². The summed E-state index contributed by atoms with van der Waals surface area (Å²) in [7, 11) is 1.38. The minimum Gasteiger partial charge on any atom is -0.490 e. The quantitative estimate of drug-likeness (QED) is 0.585. The van der Waals surface area contributed by atoms with Crippen molar-refractivity contribution in [2.75, 3.05) is 7.11 Å². The molecule has 7 nitrogen and oxygen atoms in total. The van der Waals surface area contributed by atoms with E-state index in [2.05, 4.69) is 9.97 Å². The molecule has 0 fully saturated rings. The molecule has 2 heterocycles. The van der Waals surface area contributed by atoms with E-state index in [1.165, 1.54) is 24.5 Å². The zero-order chi connectivity index (χ0) is 16.6. The van der Waals surface area contributed by atoms with Gasteiger partial charge in [0.15, 0.2) is 5.75 Å². The predicted octanol–water partition coefficient (Wildman–Crippen LogP) is 2.80. The Hall–Kier alpha value is -2.74. The van der Waals surface area contributed by atoms with Gasteiger partial charge in [0.2, 0.25) is 0 Å². The zero-order valence-electron chi connectivity index (χ0n) is 12.5. The smallest absolute Gasteiger partial charge is 0.310 e. The zero-order valence-corrected chi connectivity index (χ0v) is 13.3. The summed E-state index contributed by atoms with van der Waals surface area (Å²) in [5.41, 5.74) is 1.41. The Morgan fingerprint density at radius 1 is 1.43 bits per heavy atom. The van der Waals surface area contributed by atoms with Crippen LogP contribution >= 0.6 is 11.3 Å². The van der Waals surface area contributed by atoms with E-state index in [-0.39, 0.29) is 17.0 Å². The van der Waals surface area contributed by atoms with Crippen molar-refractivity contribution < 1.29 is 9.66 Å². The topological polar surface area (TPSA) is 98.1 Å². The van der Waals surface area contributed by atoms with Gasteiger partial charge in [-0.25, -0.2) is 4.98 Å². The number of nitro benzene ring substituents is 1. The van der Waals surface area contributed by atoms with Crippen molar-refractivity contribution in [2.24, 2.45) is 0 Å². The second kappa shape index (κ2) is 5.81. The molecule has 0 aliphatic heterocycles. The van der Waals surface area contributed by atoms with E-state index >= 15 is 0 Å². The van der Waals surface area contributed by atoms with E-state index in [4.69, 9.17) is 4.74 Å². The summed E-state index contributed by atoms with van der Waals surface area (Å²) >= 11 is 1.42. The van der Waals surface area contributed by atoms with E-state index in [0.717, 1.165) is 11.1 Å². The number of nitro groups is 1. The fourth-order valence-electron chi connectivity index (χ4n) is 2.39. The minimum atomic E-state index is -0.497. The molecule has 118 valence electrons. The third-order valence-electron chi connectivity index (χ3n) is 3.49. The Bertz CT molecular complexity index is 961. The van der Waals surface area contributed by atoms with Crippen LogP contribution in [0.15, 0.2) is 28.4 Å². The lowest BCUT2D eigenvalue weighted by Gasteiger charge is -2.05. The molecule has 0 unspecified atom stereocenters. The van der Waals surface area contributed by atoms with Gasteiger partial charge < -0.3 is 9.72 Å². The Morgan fingerprint density at radius 2 is 2.22 bits per heavy atom. The lowest BCUT2D eigenvalue weighted by atomic mass is 10.1. The molecule has 0 bridgehead atoms. The Kier molecular flexibility index (Phi) is 3.83. The molecule has 23 heavy (non-hydrogen) atoms. The van der Waals surface area contributed by atoms with Gasteiger partial charge in [-0.2, -0.15) is 0 Å². The van der Waals surface area contributed by atoms with Gasteiger partial charge in [0.05, 0.1) is 17.4 Å². The molecule has 0 amide bonds. The van der Waals surface area contributed by atoms with Crippen molar-refractivity contribution in [3.8, 4) is 5.75 Å². The van der Waals surface area contributed by atoms with Gasteiger partial charge in [0.25, 0.3) is 5.56 Å². The molecule has 3 aromatic rings. The number of rotatable bonds is 4. The molecule has 0 saturated carbocycles. The number of fused-ring (bicyclic) bond motifs is 1. The summed E-state index contributed by atoms with van der Waals surface area (Å²) < 4.78 is 5.05. The summed E-state index contributed by atoms with van der Waals surface area (Å²) in [6.45, 7) is 1.87. The second-order valence-electron chi connectivity index (χ2n) is 5.05. The van der Waals surface area contributed by atoms with Crippen LogP contribution in [0.2, 0.25) is 0 Å². The van der Waals surface area contributed by atoms with Crippen molar-refractivity contribution >= 4 is 27.2 Å². The highest BCUT2D eigenvalue weighted by atomic mass is 32.1. The predicted molar refractivity (Wildman–Crippen MR) is 87.4 cm³/mol. The highest BCUT2D eigenvalue weighted by Gasteiger charge is 2.15. The maximum Gasteiger partial charge on any atom is 0.310 e. The van der Waals surface area contributed by atoms with Gasteiger partial charge in [0, 0.05) is 12.5 Å². The lowest BCUT2D eigenvalue weighted by molar-refractivity contribution is -0.385. The van der Waals surface area contributed by atoms with Crippen molar-refractivity contribution in [3.05, 3.63) is 61.0 Å². The van der Waals surface area contributed by atoms with Crippen LogP contribution in [0.1, 0.15) is 17.0 Å². The number of ether oxygens (including phenoxy) is 1. The average Bonchev–Trinajstić information content (AvgIpc) is 2.88. The van der Waals surface area contributed by atoms with Crippen LogP contribution in [0.3, 0.4) is 0 Å². The van der Waals surface area contributed by atoms with Gasteiger partial charge >= 0.3 is 5.69 Å². The number of nitrogens with zero attached hydrogens (tertiary/aromatic N) is 2. The molecule has 1 aromatic carbocycles. The summed E-state index contributed by atoms with van der Waals surface area (Å²) in [5, 5.41) is 13.4. The lowest BCUT2D eigenvalue weighted by Crippen LogP contribution is -2.11. The van der Waals surface area contributed by atoms with Crippen LogP contribution in [0.4, 0.5) is 5.69 Å². The normalized spacial score (nSPS) is 10.9. The van der Waals surface area contributed by atoms with E-state index in [0.29, 0.717) is 22.5 Å². The first kappa shape index (κ1) is 15.2. The largest absolute Gasteiger partial charge is 0.490 e. The monoisotopic (exact) mass is 331 g/mol. The molecular weight excluding hydrogens is 318 g/mol. The molecule has 0 aliphatic rings. The van der Waals surface area contributed by atoms with E-state index in [1.54, 1.807) is 12.1 Å². The number of hydrogen-bond acceptors (Lipinski definition) is 6. The van der Waals surface area contributed by atoms with Crippen LogP contribution in [0.5, 0.6) is 5.75 Å². The van der Waals surface area contributed by atoms with Crippen LogP contribution in [0.25, 0.3) is 10.2 Å². The molecule has 0 radical (unpaired) electrons. The van der Waals surface area contributed by atoms with Crippen molar-refractivity contribution in [1.29, 1.82) is 0 Å². The third kappa shape index (κ3) is 2.80. The number of methoxy groups -OCH3 is 1. The maximum absolute atomic E-state index is 12.1. The number of H-pyrrole nitrogens is 1. The van der Waals surface area contributed by atoms with Gasteiger partial charge in [-0.15, -0.1) is 11.3 Å². The number of nitrogens with one attached hydrogen (secondary N) is 1. The molecular formula is C15H13N3O4S. The third-order valence-corrected chi connectivity index (χ3v) is 4.48. The fourth-order valence-corrected chi connectivity index (χ4v) is 3.33. The molecule has 2 aromatic heterocycles. The molecule has 0 spiro atoms. The molecule has 0 aliphatic carbocycles.